The molecule has 3 heteroatoms. The van der Waals surface area contributed by atoms with Gasteiger partial charge < -0.3 is 10.6 Å². The van der Waals surface area contributed by atoms with Crippen molar-refractivity contribution in [1.82, 2.24) is 4.90 Å². The average molecular weight is 184 g/mol. The number of amides is 1. The summed E-state index contributed by atoms with van der Waals surface area (Å²) in [6.07, 6.45) is 0.801. The van der Waals surface area contributed by atoms with E-state index < -0.39 is 0 Å². The van der Waals surface area contributed by atoms with Gasteiger partial charge >= 0.3 is 0 Å². The summed E-state index contributed by atoms with van der Waals surface area (Å²) in [5.74, 6) is 0.0809. The van der Waals surface area contributed by atoms with Crippen molar-refractivity contribution < 1.29 is 4.79 Å². The number of rotatable bonds is 5. The van der Waals surface area contributed by atoms with E-state index in [9.17, 15) is 4.79 Å². The molecule has 0 bridgehead atoms. The van der Waals surface area contributed by atoms with Crippen LogP contribution in [0.1, 0.15) is 20.3 Å². The Kier molecular flexibility index (Phi) is 5.39. The second kappa shape index (κ2) is 5.75. The summed E-state index contributed by atoms with van der Waals surface area (Å²) < 4.78 is 0. The van der Waals surface area contributed by atoms with Gasteiger partial charge in [-0.3, -0.25) is 4.79 Å². The summed E-state index contributed by atoms with van der Waals surface area (Å²) in [5, 5.41) is 0. The molecule has 0 aliphatic rings. The number of nitrogens with two attached hydrogens (primary N) is 1. The molecule has 76 valence electrons. The zero-order valence-electron chi connectivity index (χ0n) is 8.84. The fraction of sp³-hybridized carbons (Fsp3) is 0.700. The molecule has 0 saturated carbocycles. The molecule has 0 rings (SSSR count). The number of carbonyl (C=O) groups excluding carboxylic acids is 1. The maximum atomic E-state index is 11.6. The minimum absolute atomic E-state index is 0.0376. The predicted molar refractivity (Wildman–Crippen MR) is 55.3 cm³/mol. The Labute approximate surface area is 80.6 Å². The molecule has 0 aliphatic carbocycles. The number of nitrogens with zero attached hydrogens (tertiary/aromatic N) is 1. The quantitative estimate of drug-likeness (QED) is 0.648. The van der Waals surface area contributed by atoms with Crippen molar-refractivity contribution in [2.75, 3.05) is 20.1 Å². The van der Waals surface area contributed by atoms with Crippen molar-refractivity contribution in [1.29, 1.82) is 0 Å². The Morgan fingerprint density at radius 2 is 2.15 bits per heavy atom. The van der Waals surface area contributed by atoms with Crippen LogP contribution < -0.4 is 5.73 Å². The molecule has 0 aromatic rings. The Morgan fingerprint density at radius 3 is 2.46 bits per heavy atom. The van der Waals surface area contributed by atoms with Gasteiger partial charge in [0.15, 0.2) is 0 Å². The zero-order chi connectivity index (χ0) is 10.4. The van der Waals surface area contributed by atoms with E-state index in [-0.39, 0.29) is 11.8 Å². The number of hydrogen-bond donors (Lipinski definition) is 1. The minimum Gasteiger partial charge on any atom is -0.342 e. The van der Waals surface area contributed by atoms with Gasteiger partial charge in [-0.15, -0.1) is 0 Å². The molecule has 0 aromatic carbocycles. The summed E-state index contributed by atoms with van der Waals surface area (Å²) >= 11 is 0. The van der Waals surface area contributed by atoms with Crippen LogP contribution in [-0.4, -0.2) is 30.9 Å². The van der Waals surface area contributed by atoms with Gasteiger partial charge in [-0.2, -0.15) is 0 Å². The fourth-order valence-electron chi connectivity index (χ4n) is 1.24. The van der Waals surface area contributed by atoms with Gasteiger partial charge in [0.2, 0.25) is 5.91 Å². The van der Waals surface area contributed by atoms with E-state index in [1.807, 2.05) is 13.8 Å². The molecule has 0 aromatic heterocycles. The van der Waals surface area contributed by atoms with Crippen molar-refractivity contribution >= 4 is 5.91 Å². The molecule has 0 saturated heterocycles. The zero-order valence-corrected chi connectivity index (χ0v) is 8.84. The highest BCUT2D eigenvalue weighted by atomic mass is 16.2. The van der Waals surface area contributed by atoms with Gasteiger partial charge in [0.05, 0.1) is 5.92 Å². The van der Waals surface area contributed by atoms with E-state index in [2.05, 4.69) is 6.58 Å². The lowest BCUT2D eigenvalue weighted by Gasteiger charge is -2.22. The van der Waals surface area contributed by atoms with Crippen LogP contribution in [0, 0.1) is 5.92 Å². The van der Waals surface area contributed by atoms with Gasteiger partial charge in [-0.05, 0) is 13.3 Å². The van der Waals surface area contributed by atoms with Crippen LogP contribution >= 0.6 is 0 Å². The summed E-state index contributed by atoms with van der Waals surface area (Å²) in [7, 11) is 1.79. The molecule has 1 unspecified atom stereocenters. The summed E-state index contributed by atoms with van der Waals surface area (Å²) in [6.45, 7) is 8.70. The van der Waals surface area contributed by atoms with Gasteiger partial charge in [-0.25, -0.2) is 0 Å². The lowest BCUT2D eigenvalue weighted by molar-refractivity contribution is -0.133. The van der Waals surface area contributed by atoms with Gasteiger partial charge in [-0.1, -0.05) is 19.1 Å². The lowest BCUT2D eigenvalue weighted by Crippen LogP contribution is -2.37. The first-order valence-corrected chi connectivity index (χ1v) is 4.62. The van der Waals surface area contributed by atoms with Crippen LogP contribution in [0.15, 0.2) is 12.2 Å². The highest BCUT2D eigenvalue weighted by molar-refractivity contribution is 5.78. The van der Waals surface area contributed by atoms with E-state index in [0.717, 1.165) is 12.0 Å². The van der Waals surface area contributed by atoms with Crippen LogP contribution in [0.4, 0.5) is 0 Å². The van der Waals surface area contributed by atoms with E-state index >= 15 is 0 Å². The van der Waals surface area contributed by atoms with Crippen LogP contribution in [0.25, 0.3) is 0 Å². The highest BCUT2D eigenvalue weighted by Crippen LogP contribution is 2.05. The van der Waals surface area contributed by atoms with Crippen molar-refractivity contribution in [3.63, 3.8) is 0 Å². The van der Waals surface area contributed by atoms with E-state index in [4.69, 9.17) is 5.73 Å². The second-order valence-electron chi connectivity index (χ2n) is 3.49. The third-order valence-electron chi connectivity index (χ3n) is 2.01. The first kappa shape index (κ1) is 12.2. The number of hydrogen-bond acceptors (Lipinski definition) is 2. The molecule has 0 heterocycles. The largest absolute Gasteiger partial charge is 0.342 e. The maximum Gasteiger partial charge on any atom is 0.226 e. The van der Waals surface area contributed by atoms with Crippen LogP contribution in [-0.2, 0) is 4.79 Å². The van der Waals surface area contributed by atoms with Crippen LogP contribution in [0.5, 0.6) is 0 Å². The smallest absolute Gasteiger partial charge is 0.226 e. The van der Waals surface area contributed by atoms with Crippen LogP contribution in [0.3, 0.4) is 0 Å². The first-order chi connectivity index (χ1) is 6.02. The highest BCUT2D eigenvalue weighted by Gasteiger charge is 2.18. The van der Waals surface area contributed by atoms with E-state index in [1.165, 1.54) is 0 Å². The van der Waals surface area contributed by atoms with E-state index in [1.54, 1.807) is 11.9 Å². The second-order valence-corrected chi connectivity index (χ2v) is 3.49. The van der Waals surface area contributed by atoms with Crippen LogP contribution in [0.2, 0.25) is 0 Å². The molecular weight excluding hydrogens is 164 g/mol. The normalized spacial score (nSPS) is 12.3. The summed E-state index contributed by atoms with van der Waals surface area (Å²) in [4.78, 5) is 13.3. The topological polar surface area (TPSA) is 46.3 Å². The molecule has 1 atom stereocenters. The van der Waals surface area contributed by atoms with Gasteiger partial charge in [0.1, 0.15) is 0 Å². The lowest BCUT2D eigenvalue weighted by atomic mass is 10.1. The molecule has 0 fully saturated rings. The first-order valence-electron chi connectivity index (χ1n) is 4.62. The average Bonchev–Trinajstić information content (AvgIpc) is 2.05. The standard InChI is InChI=1S/C10H20N2O/c1-5-9(6-11)10(13)12(4)7-8(2)3/h9H,2,5-7,11H2,1,3-4H3. The van der Waals surface area contributed by atoms with Crippen molar-refractivity contribution in [2.45, 2.75) is 20.3 Å². The van der Waals surface area contributed by atoms with Gasteiger partial charge in [0.25, 0.3) is 0 Å². The van der Waals surface area contributed by atoms with Crippen molar-refractivity contribution in [3.05, 3.63) is 12.2 Å². The van der Waals surface area contributed by atoms with E-state index in [0.29, 0.717) is 13.1 Å². The fourth-order valence-corrected chi connectivity index (χ4v) is 1.24. The SMILES string of the molecule is C=C(C)CN(C)C(=O)C(CC)CN. The Hall–Kier alpha value is -0.830. The monoisotopic (exact) mass is 184 g/mol. The molecule has 13 heavy (non-hydrogen) atoms. The Balaban J connectivity index is 4.14. The van der Waals surface area contributed by atoms with Gasteiger partial charge in [0, 0.05) is 20.1 Å². The molecule has 3 nitrogen and oxygen atoms in total. The molecular formula is C10H20N2O. The summed E-state index contributed by atoms with van der Waals surface area (Å²) in [6, 6.07) is 0. The molecule has 0 aliphatic heterocycles. The maximum absolute atomic E-state index is 11.6. The predicted octanol–water partition coefficient (Wildman–Crippen LogP) is 1.01. The molecule has 0 radical (unpaired) electrons. The Morgan fingerprint density at radius 1 is 1.62 bits per heavy atom. The molecule has 1 amide bonds. The molecule has 0 spiro atoms. The summed E-state index contributed by atoms with van der Waals surface area (Å²) in [5.41, 5.74) is 6.47. The molecule has 2 N–H and O–H groups in total. The number of carbonyl (C=O) groups is 1. The van der Waals surface area contributed by atoms with Crippen molar-refractivity contribution in [3.8, 4) is 0 Å². The number of likely N-dealkylation sites (N-methyl/N-ethyl adjacent to an activating group) is 1. The minimum atomic E-state index is -0.0376. The Bertz CT molecular complexity index is 185. The third kappa shape index (κ3) is 4.08. The van der Waals surface area contributed by atoms with Crippen molar-refractivity contribution in [2.24, 2.45) is 11.7 Å². The third-order valence-corrected chi connectivity index (χ3v) is 2.01.